The number of aliphatic hydroxyl groups is 1. The molecule has 0 radical (unpaired) electrons. The van der Waals surface area contributed by atoms with Gasteiger partial charge in [0.05, 0.1) is 5.56 Å². The fourth-order valence-electron chi connectivity index (χ4n) is 8.04. The Kier molecular flexibility index (Phi) is 9.42. The van der Waals surface area contributed by atoms with Gasteiger partial charge in [-0.1, -0.05) is 6.42 Å². The van der Waals surface area contributed by atoms with Crippen LogP contribution in [0.4, 0.5) is 10.8 Å². The monoisotopic (exact) mass is 644 g/mol. The van der Waals surface area contributed by atoms with Crippen molar-refractivity contribution in [1.82, 2.24) is 20.2 Å². The molecule has 3 fully saturated rings. The van der Waals surface area contributed by atoms with Crippen molar-refractivity contribution in [3.63, 3.8) is 0 Å². The molecule has 6 rings (SSSR count). The van der Waals surface area contributed by atoms with E-state index in [4.69, 9.17) is 31.6 Å². The van der Waals surface area contributed by atoms with Crippen LogP contribution in [0.15, 0.2) is 11.6 Å². The smallest absolute Gasteiger partial charge is 0.219 e. The van der Waals surface area contributed by atoms with Crippen LogP contribution in [-0.4, -0.2) is 83.7 Å². The van der Waals surface area contributed by atoms with Crippen LogP contribution in [0.2, 0.25) is 0 Å². The number of nitrogens with two attached hydrogens (primary N) is 1. The number of fused-ring (bicyclic) bond motifs is 2. The summed E-state index contributed by atoms with van der Waals surface area (Å²) in [5, 5.41) is 35.5. The van der Waals surface area contributed by atoms with Crippen LogP contribution in [0.3, 0.4) is 0 Å². The molecular weight excluding hydrogens is 600 g/mol. The number of likely N-dealkylation sites (N-methyl/N-ethyl adjacent to an activating group) is 1. The second-order valence-corrected chi connectivity index (χ2v) is 14.1. The number of hydrogen-bond donors (Lipinski definition) is 4. The van der Waals surface area contributed by atoms with Crippen molar-refractivity contribution in [3.8, 4) is 24.5 Å². The van der Waals surface area contributed by atoms with Gasteiger partial charge in [-0.25, -0.2) is 4.98 Å². The molecule has 4 aliphatic rings. The number of nitrogen functional groups attached to an aromatic ring is 1. The number of aromatic nitrogens is 2. The Labute approximate surface area is 275 Å². The van der Waals surface area contributed by atoms with Gasteiger partial charge in [-0.2, -0.15) is 10.2 Å². The topological polar surface area (TPSA) is 157 Å². The Morgan fingerprint density at radius 2 is 2.11 bits per heavy atom. The number of aryl methyl sites for hydroxylation is 1. The SMILES string of the molecule is C#COCCC1CNCCN1c1cc(O[C@@H](C)[C@@H]2CCCN2C)nc(/C(O)=C2\CCC[C@@]3(CCCc4sc(N)c(C#N)c43)C2=N)n1. The van der Waals surface area contributed by atoms with E-state index in [0.717, 1.165) is 75.0 Å². The van der Waals surface area contributed by atoms with Crippen molar-refractivity contribution >= 4 is 33.6 Å². The summed E-state index contributed by atoms with van der Waals surface area (Å²) in [6.07, 6.45) is 14.9. The first-order valence-electron chi connectivity index (χ1n) is 16.4. The Morgan fingerprint density at radius 3 is 2.85 bits per heavy atom. The third-order valence-corrected chi connectivity index (χ3v) is 11.4. The number of nitrogens with one attached hydrogen (secondary N) is 2. The molecule has 12 heteroatoms. The van der Waals surface area contributed by atoms with E-state index in [2.05, 4.69) is 41.3 Å². The molecule has 1 saturated carbocycles. The van der Waals surface area contributed by atoms with Crippen LogP contribution in [0.1, 0.15) is 80.1 Å². The van der Waals surface area contributed by atoms with Gasteiger partial charge in [0, 0.05) is 65.8 Å². The summed E-state index contributed by atoms with van der Waals surface area (Å²) in [6, 6.07) is 4.52. The van der Waals surface area contributed by atoms with Crippen molar-refractivity contribution in [2.75, 3.05) is 50.5 Å². The van der Waals surface area contributed by atoms with E-state index in [1.807, 2.05) is 6.07 Å². The lowest BCUT2D eigenvalue weighted by atomic mass is 9.60. The lowest BCUT2D eigenvalue weighted by molar-refractivity contribution is 0.116. The number of nitriles is 1. The molecule has 11 nitrogen and oxygen atoms in total. The normalized spacial score (nSPS) is 26.7. The molecule has 5 N–H and O–H groups in total. The molecule has 4 atom stereocenters. The number of hydrogen-bond acceptors (Lipinski definition) is 12. The molecule has 4 heterocycles. The van der Waals surface area contributed by atoms with E-state index in [1.165, 1.54) is 11.3 Å². The quantitative estimate of drug-likeness (QED) is 0.185. The van der Waals surface area contributed by atoms with Crippen LogP contribution < -0.4 is 20.7 Å². The number of ether oxygens (including phenoxy) is 2. The van der Waals surface area contributed by atoms with Crippen molar-refractivity contribution in [2.24, 2.45) is 0 Å². The van der Waals surface area contributed by atoms with Crippen LogP contribution in [-0.2, 0) is 16.6 Å². The molecule has 1 unspecified atom stereocenters. The van der Waals surface area contributed by atoms with Gasteiger partial charge < -0.3 is 35.9 Å². The van der Waals surface area contributed by atoms with Gasteiger partial charge in [0.15, 0.2) is 11.6 Å². The summed E-state index contributed by atoms with van der Waals surface area (Å²) in [5.41, 5.74) is 7.89. The highest BCUT2D eigenvalue weighted by atomic mass is 32.1. The summed E-state index contributed by atoms with van der Waals surface area (Å²) in [7, 11) is 2.12. The molecule has 2 aliphatic carbocycles. The van der Waals surface area contributed by atoms with Gasteiger partial charge in [-0.05, 0) is 77.4 Å². The number of terminal acetylenes is 1. The molecule has 2 saturated heterocycles. The number of likely N-dealkylation sites (tertiary alicyclic amines) is 1. The Bertz CT molecular complexity index is 1590. The third-order valence-electron chi connectivity index (χ3n) is 10.3. The third kappa shape index (κ3) is 5.90. The molecule has 0 amide bonds. The van der Waals surface area contributed by atoms with Gasteiger partial charge in [-0.3, -0.25) is 4.90 Å². The first kappa shape index (κ1) is 32.1. The molecule has 2 aromatic rings. The maximum Gasteiger partial charge on any atom is 0.219 e. The summed E-state index contributed by atoms with van der Waals surface area (Å²) in [5.74, 6) is 1.10. The van der Waals surface area contributed by atoms with E-state index >= 15 is 0 Å². The van der Waals surface area contributed by atoms with Crippen LogP contribution in [0, 0.1) is 29.3 Å². The van der Waals surface area contributed by atoms with Crippen LogP contribution in [0.25, 0.3) is 5.76 Å². The first-order chi connectivity index (χ1) is 22.3. The van der Waals surface area contributed by atoms with Crippen LogP contribution in [0.5, 0.6) is 5.88 Å². The minimum atomic E-state index is -0.659. The molecule has 244 valence electrons. The predicted octanol–water partition coefficient (Wildman–Crippen LogP) is 4.38. The molecule has 1 spiro atoms. The second-order valence-electron chi connectivity index (χ2n) is 13.0. The fraction of sp³-hybridized carbons (Fsp3) is 0.588. The van der Waals surface area contributed by atoms with Gasteiger partial charge in [0.25, 0.3) is 0 Å². The second kappa shape index (κ2) is 13.5. The van der Waals surface area contributed by atoms with Gasteiger partial charge in [0.2, 0.25) is 5.88 Å². The van der Waals surface area contributed by atoms with E-state index in [0.29, 0.717) is 59.5 Å². The Hall–Kier alpha value is -3.84. The summed E-state index contributed by atoms with van der Waals surface area (Å²) in [6.45, 7) is 5.73. The summed E-state index contributed by atoms with van der Waals surface area (Å²) in [4.78, 5) is 15.3. The zero-order valence-corrected chi connectivity index (χ0v) is 27.6. The standard InChI is InChI=1S/C34H44N8O3S/c1-4-44-17-11-22-20-38-14-16-42(22)27-18-28(45-21(2)25-9-7-15-41(25)3)40-33(39-27)30(43)23-8-5-12-34(31(23)36)13-6-10-26-29(34)24(19-35)32(37)46-26/h1,18,21-22,25,36,38,43H,5-17,20,37H2,2-3H3/b30-23-,36-31?/t21-,22?,25-,34-/m0/s1. The van der Waals surface area contributed by atoms with Gasteiger partial charge in [-0.15, -0.1) is 11.3 Å². The van der Waals surface area contributed by atoms with E-state index < -0.39 is 5.41 Å². The van der Waals surface area contributed by atoms with E-state index in [1.54, 1.807) is 0 Å². The largest absolute Gasteiger partial charge is 0.504 e. The van der Waals surface area contributed by atoms with Crippen molar-refractivity contribution < 1.29 is 14.6 Å². The van der Waals surface area contributed by atoms with E-state index in [-0.39, 0.29) is 29.8 Å². The molecule has 0 bridgehead atoms. The fourth-order valence-corrected chi connectivity index (χ4v) is 9.20. The average molecular weight is 645 g/mol. The van der Waals surface area contributed by atoms with Crippen molar-refractivity contribution in [2.45, 2.75) is 88.3 Å². The molecule has 2 aliphatic heterocycles. The van der Waals surface area contributed by atoms with Gasteiger partial charge in [0.1, 0.15) is 35.7 Å². The zero-order valence-electron chi connectivity index (χ0n) is 26.8. The number of aliphatic hydroxyl groups excluding tert-OH is 1. The number of rotatable bonds is 8. The highest BCUT2D eigenvalue weighted by molar-refractivity contribution is 7.16. The maximum atomic E-state index is 12.0. The Balaban J connectivity index is 1.40. The maximum absolute atomic E-state index is 12.0. The van der Waals surface area contributed by atoms with Gasteiger partial charge >= 0.3 is 0 Å². The van der Waals surface area contributed by atoms with Crippen molar-refractivity contribution in [3.05, 3.63) is 33.5 Å². The number of allylic oxidation sites excluding steroid dienone is 1. The molecule has 2 aromatic heterocycles. The zero-order chi connectivity index (χ0) is 32.4. The number of thiophene rings is 1. The van der Waals surface area contributed by atoms with Crippen molar-refractivity contribution in [1.29, 1.82) is 10.7 Å². The number of anilines is 2. The number of piperazine rings is 1. The lowest BCUT2D eigenvalue weighted by Gasteiger charge is -2.42. The Morgan fingerprint density at radius 1 is 1.30 bits per heavy atom. The minimum absolute atomic E-state index is 0.0660. The molecule has 0 aromatic carbocycles. The lowest BCUT2D eigenvalue weighted by Crippen LogP contribution is -2.52. The first-order valence-corrected chi connectivity index (χ1v) is 17.2. The minimum Gasteiger partial charge on any atom is -0.504 e. The number of nitrogens with zero attached hydrogens (tertiary/aromatic N) is 5. The summed E-state index contributed by atoms with van der Waals surface area (Å²) < 4.78 is 11.7. The highest BCUT2D eigenvalue weighted by Gasteiger charge is 2.47. The average Bonchev–Trinajstić information content (AvgIpc) is 3.64. The predicted molar refractivity (Wildman–Crippen MR) is 180 cm³/mol. The van der Waals surface area contributed by atoms with Crippen LogP contribution >= 0.6 is 11.3 Å². The van der Waals surface area contributed by atoms with E-state index in [9.17, 15) is 15.8 Å². The molecule has 46 heavy (non-hydrogen) atoms. The highest BCUT2D eigenvalue weighted by Crippen LogP contribution is 2.52. The molecular formula is C34H44N8O3S. The summed E-state index contributed by atoms with van der Waals surface area (Å²) >= 11 is 1.46.